The highest BCUT2D eigenvalue weighted by Gasteiger charge is 2.51. The highest BCUT2D eigenvalue weighted by Crippen LogP contribution is 2.51. The fourth-order valence-electron chi connectivity index (χ4n) is 6.43. The number of benzene rings is 1. The molecule has 6 rings (SSSR count). The summed E-state index contributed by atoms with van der Waals surface area (Å²) in [7, 11) is 1.53. The number of rotatable bonds is 6. The first-order chi connectivity index (χ1) is 22.4. The molecule has 1 saturated heterocycles. The van der Waals surface area contributed by atoms with Gasteiger partial charge in [0.05, 0.1) is 51.9 Å². The average Bonchev–Trinajstić information content (AvgIpc) is 3.09. The number of pyridine rings is 2. The number of aryl methyl sites for hydroxylation is 1. The Balaban J connectivity index is 1.60. The quantitative estimate of drug-likeness (QED) is 0.218. The fourth-order valence-corrected chi connectivity index (χ4v) is 6.76. The minimum absolute atomic E-state index is 0.0506. The van der Waals surface area contributed by atoms with Gasteiger partial charge in [-0.1, -0.05) is 17.7 Å². The molecular weight excluding hydrogens is 666 g/mol. The summed E-state index contributed by atoms with van der Waals surface area (Å²) >= 11 is 6.73. The summed E-state index contributed by atoms with van der Waals surface area (Å²) in [6.45, 7) is 3.80. The van der Waals surface area contributed by atoms with E-state index in [9.17, 15) is 22.0 Å². The molecule has 0 saturated carbocycles. The molecule has 1 fully saturated rings. The normalized spacial score (nSPS) is 20.1. The van der Waals surface area contributed by atoms with Crippen molar-refractivity contribution in [2.45, 2.75) is 50.9 Å². The maximum absolute atomic E-state index is 16.9. The largest absolute Gasteiger partial charge is 0.489 e. The van der Waals surface area contributed by atoms with E-state index in [0.717, 1.165) is 6.07 Å². The third-order valence-electron chi connectivity index (χ3n) is 8.88. The third-order valence-corrected chi connectivity index (χ3v) is 9.24. The van der Waals surface area contributed by atoms with Crippen molar-refractivity contribution in [3.05, 3.63) is 51.9 Å². The average molecular weight is 697 g/mol. The lowest BCUT2D eigenvalue weighted by Gasteiger charge is -2.32. The predicted octanol–water partition coefficient (Wildman–Crippen LogP) is 6.44. The second-order valence-corrected chi connectivity index (χ2v) is 12.7. The molecule has 0 spiro atoms. The fraction of sp³-hybridized carbons (Fsp3) is 0.419. The molecule has 3 aromatic heterocycles. The summed E-state index contributed by atoms with van der Waals surface area (Å²) in [6.07, 6.45) is -3.97. The molecule has 17 heteroatoms. The minimum atomic E-state index is -4.97. The molecule has 4 N–H and O–H groups in total. The lowest BCUT2D eigenvalue weighted by molar-refractivity contribution is -0.137. The van der Waals surface area contributed by atoms with Crippen LogP contribution in [0.15, 0.2) is 24.4 Å². The van der Waals surface area contributed by atoms with Crippen LogP contribution in [0.2, 0.25) is 5.02 Å². The van der Waals surface area contributed by atoms with E-state index in [1.165, 1.54) is 25.1 Å². The van der Waals surface area contributed by atoms with Gasteiger partial charge in [-0.05, 0) is 45.5 Å². The molecule has 0 bridgehead atoms. The molecular formula is C31H31ClF6N8O2. The van der Waals surface area contributed by atoms with Crippen molar-refractivity contribution < 1.29 is 35.8 Å². The number of nitrogen functional groups attached to an aromatic ring is 2. The lowest BCUT2D eigenvalue weighted by Crippen LogP contribution is -2.43. The van der Waals surface area contributed by atoms with E-state index >= 15 is 4.39 Å². The first-order valence-corrected chi connectivity index (χ1v) is 15.2. The van der Waals surface area contributed by atoms with Crippen LogP contribution in [0.3, 0.4) is 0 Å². The highest BCUT2D eigenvalue weighted by molar-refractivity contribution is 6.36. The van der Waals surface area contributed by atoms with Crippen molar-refractivity contribution in [1.29, 1.82) is 0 Å². The highest BCUT2D eigenvalue weighted by atomic mass is 35.5. The Bertz CT molecular complexity index is 1930. The molecule has 5 heterocycles. The smallest absolute Gasteiger partial charge is 0.418 e. The van der Waals surface area contributed by atoms with Gasteiger partial charge >= 0.3 is 12.2 Å². The molecule has 0 aliphatic carbocycles. The zero-order valence-corrected chi connectivity index (χ0v) is 27.0. The van der Waals surface area contributed by atoms with Crippen molar-refractivity contribution in [3.63, 3.8) is 0 Å². The van der Waals surface area contributed by atoms with Gasteiger partial charge in [0.15, 0.2) is 11.6 Å². The van der Waals surface area contributed by atoms with Crippen molar-refractivity contribution in [1.82, 2.24) is 24.8 Å². The maximum Gasteiger partial charge on any atom is 0.418 e. The van der Waals surface area contributed by atoms with Crippen LogP contribution in [0.5, 0.6) is 11.8 Å². The van der Waals surface area contributed by atoms with Gasteiger partial charge in [-0.2, -0.15) is 23.1 Å². The Morgan fingerprint density at radius 2 is 1.92 bits per heavy atom. The van der Waals surface area contributed by atoms with Gasteiger partial charge in [0.1, 0.15) is 36.2 Å². The van der Waals surface area contributed by atoms with Gasteiger partial charge in [-0.15, -0.1) is 0 Å². The molecule has 48 heavy (non-hydrogen) atoms. The van der Waals surface area contributed by atoms with Gasteiger partial charge in [0.2, 0.25) is 0 Å². The molecule has 0 amide bonds. The molecule has 0 radical (unpaired) electrons. The first kappa shape index (κ1) is 33.6. The van der Waals surface area contributed by atoms with E-state index in [1.807, 2.05) is 0 Å². The van der Waals surface area contributed by atoms with E-state index in [2.05, 4.69) is 19.9 Å². The van der Waals surface area contributed by atoms with Crippen molar-refractivity contribution in [2.24, 2.45) is 0 Å². The number of likely N-dealkylation sites (N-methyl/N-ethyl adjacent to an activating group) is 1. The van der Waals surface area contributed by atoms with E-state index in [4.69, 9.17) is 32.5 Å². The second-order valence-electron chi connectivity index (χ2n) is 12.3. The van der Waals surface area contributed by atoms with Gasteiger partial charge in [0, 0.05) is 18.2 Å². The van der Waals surface area contributed by atoms with Crippen LogP contribution < -0.4 is 25.8 Å². The van der Waals surface area contributed by atoms with Gasteiger partial charge in [0.25, 0.3) is 5.92 Å². The number of nitrogens with two attached hydrogens (primary N) is 2. The number of anilines is 3. The number of alkyl halides is 5. The van der Waals surface area contributed by atoms with E-state index < -0.39 is 75.8 Å². The standard InChI is InChI=1S/C31H31ClF6N8O2/c1-14-10-17(39)42-23(20(14)31(36,37)38)18-21(32)25-19-24(22(18)33)43-28(48-13-29(3)11-30(34,35)12-45(29)4)44-27(19)46(8-9-47-25)15(2)16-6-5-7-41-26(16)40/h5-7,10,15H,8-9,11-13H2,1-4H3,(H2,39,42)(H2,40,41)/t15-,29+/m1/s1. The van der Waals surface area contributed by atoms with Crippen LogP contribution in [-0.4, -0.2) is 69.6 Å². The topological polar surface area (TPSA) is 129 Å². The number of nitrogens with zero attached hydrogens (tertiary/aromatic N) is 6. The van der Waals surface area contributed by atoms with E-state index in [1.54, 1.807) is 30.9 Å². The van der Waals surface area contributed by atoms with Gasteiger partial charge < -0.3 is 25.8 Å². The second kappa shape index (κ2) is 11.7. The van der Waals surface area contributed by atoms with Crippen LogP contribution >= 0.6 is 11.6 Å². The summed E-state index contributed by atoms with van der Waals surface area (Å²) in [4.78, 5) is 20.0. The Kier molecular flexibility index (Phi) is 8.18. The molecule has 2 atom stereocenters. The molecule has 0 unspecified atom stereocenters. The van der Waals surface area contributed by atoms with Crippen molar-refractivity contribution >= 4 is 40.0 Å². The summed E-state index contributed by atoms with van der Waals surface area (Å²) in [5.41, 5.74) is 7.83. The Labute approximate surface area is 276 Å². The van der Waals surface area contributed by atoms with Crippen LogP contribution in [0, 0.1) is 12.7 Å². The summed E-state index contributed by atoms with van der Waals surface area (Å²) < 4.78 is 101. The van der Waals surface area contributed by atoms with Crippen LogP contribution in [0.25, 0.3) is 22.2 Å². The zero-order valence-electron chi connectivity index (χ0n) is 26.2. The van der Waals surface area contributed by atoms with Crippen LogP contribution in [0.1, 0.15) is 43.0 Å². The number of hydrogen-bond acceptors (Lipinski definition) is 10. The molecule has 2 aliphatic rings. The molecule has 1 aromatic carbocycles. The summed E-state index contributed by atoms with van der Waals surface area (Å²) in [5.74, 6) is -4.45. The minimum Gasteiger partial charge on any atom is -0.489 e. The molecule has 256 valence electrons. The Morgan fingerprint density at radius 1 is 1.19 bits per heavy atom. The van der Waals surface area contributed by atoms with Crippen molar-refractivity contribution in [3.8, 4) is 23.0 Å². The maximum atomic E-state index is 16.9. The zero-order chi connectivity index (χ0) is 34.9. The number of hydrogen-bond donors (Lipinski definition) is 2. The Morgan fingerprint density at radius 3 is 2.56 bits per heavy atom. The monoisotopic (exact) mass is 696 g/mol. The molecule has 4 aromatic rings. The molecule has 10 nitrogen and oxygen atoms in total. The van der Waals surface area contributed by atoms with Gasteiger partial charge in [-0.25, -0.2) is 23.1 Å². The molecule has 2 aliphatic heterocycles. The first-order valence-electron chi connectivity index (χ1n) is 14.8. The number of likely N-dealkylation sites (tertiary alicyclic amines) is 1. The number of aromatic nitrogens is 4. The van der Waals surface area contributed by atoms with E-state index in [0.29, 0.717) is 5.56 Å². The number of ether oxygens (including phenoxy) is 2. The third kappa shape index (κ3) is 5.74. The van der Waals surface area contributed by atoms with Crippen LogP contribution in [-0.2, 0) is 6.18 Å². The van der Waals surface area contributed by atoms with Crippen molar-refractivity contribution in [2.75, 3.05) is 49.7 Å². The van der Waals surface area contributed by atoms with Gasteiger partial charge in [-0.3, -0.25) is 4.90 Å². The SMILES string of the molecule is Cc1cc(N)nc(-c2c(Cl)c3c4c(nc(OC[C@]5(C)CC(F)(F)CN5C)nc4c2F)N([C@H](C)c2cccnc2N)CCO3)c1C(F)(F)F. The summed E-state index contributed by atoms with van der Waals surface area (Å²) in [6, 6.07) is 3.49. The number of halogens is 7. The predicted molar refractivity (Wildman–Crippen MR) is 168 cm³/mol. The lowest BCUT2D eigenvalue weighted by atomic mass is 9.98. The Hall–Kier alpha value is -4.31. The summed E-state index contributed by atoms with van der Waals surface area (Å²) in [5, 5.41) is -0.551. The van der Waals surface area contributed by atoms with E-state index in [-0.39, 0.29) is 53.9 Å². The van der Waals surface area contributed by atoms with Crippen LogP contribution in [0.4, 0.5) is 43.8 Å².